The molecule has 1 saturated heterocycles. The molecule has 0 spiro atoms. The van der Waals surface area contributed by atoms with E-state index in [2.05, 4.69) is 4.74 Å². The zero-order chi connectivity index (χ0) is 21.2. The third-order valence-corrected chi connectivity index (χ3v) is 5.03. The number of rotatable bonds is 4. The summed E-state index contributed by atoms with van der Waals surface area (Å²) in [7, 11) is 1.31. The molecule has 0 N–H and O–H groups in total. The molecule has 29 heavy (non-hydrogen) atoms. The van der Waals surface area contributed by atoms with Crippen LogP contribution in [0, 0.1) is 0 Å². The Bertz CT molecular complexity index is 897. The number of hydrogen-bond donors (Lipinski definition) is 0. The van der Waals surface area contributed by atoms with E-state index in [4.69, 9.17) is 0 Å². The molecule has 1 amide bonds. The second-order valence-corrected chi connectivity index (χ2v) is 6.87. The number of carbonyl (C=O) groups is 2. The van der Waals surface area contributed by atoms with Crippen LogP contribution in [0.1, 0.15) is 28.4 Å². The van der Waals surface area contributed by atoms with Crippen molar-refractivity contribution < 1.29 is 27.5 Å². The molecule has 2 aromatic rings. The molecule has 0 radical (unpaired) electrons. The van der Waals surface area contributed by atoms with Crippen molar-refractivity contribution in [3.8, 4) is 0 Å². The Labute approximate surface area is 166 Å². The highest BCUT2D eigenvalue weighted by Gasteiger charge is 2.34. The number of amides is 1. The molecule has 0 bridgehead atoms. The van der Waals surface area contributed by atoms with Gasteiger partial charge in [-0.2, -0.15) is 13.2 Å². The van der Waals surface area contributed by atoms with Crippen molar-refractivity contribution in [3.05, 3.63) is 65.2 Å². The van der Waals surface area contributed by atoms with Gasteiger partial charge in [0.2, 0.25) is 5.91 Å². The Balaban J connectivity index is 1.70. The van der Waals surface area contributed by atoms with Crippen molar-refractivity contribution in [2.45, 2.75) is 25.7 Å². The Kier molecular flexibility index (Phi) is 5.93. The van der Waals surface area contributed by atoms with Gasteiger partial charge in [0.15, 0.2) is 0 Å². The molecular weight excluding hydrogens is 385 g/mol. The largest absolute Gasteiger partial charge is 0.465 e. The summed E-state index contributed by atoms with van der Waals surface area (Å²) in [6.45, 7) is 3.04. The maximum absolute atomic E-state index is 13.0. The Morgan fingerprint density at radius 2 is 1.83 bits per heavy atom. The number of halogens is 3. The second kappa shape index (κ2) is 8.24. The first-order chi connectivity index (χ1) is 13.7. The van der Waals surface area contributed by atoms with Gasteiger partial charge in [-0.1, -0.05) is 18.2 Å². The summed E-state index contributed by atoms with van der Waals surface area (Å²) >= 11 is 0. The van der Waals surface area contributed by atoms with Gasteiger partial charge in [0.25, 0.3) is 0 Å². The summed E-state index contributed by atoms with van der Waals surface area (Å²) in [6, 6.07) is 11.2. The number of alkyl halides is 3. The maximum Gasteiger partial charge on any atom is 0.416 e. The highest BCUT2D eigenvalue weighted by Crippen LogP contribution is 2.32. The van der Waals surface area contributed by atoms with Gasteiger partial charge in [-0.3, -0.25) is 9.69 Å². The van der Waals surface area contributed by atoms with Crippen molar-refractivity contribution >= 4 is 17.6 Å². The van der Waals surface area contributed by atoms with Crippen LogP contribution in [0.3, 0.4) is 0 Å². The van der Waals surface area contributed by atoms with E-state index in [1.807, 2.05) is 4.90 Å². The Morgan fingerprint density at radius 1 is 1.14 bits per heavy atom. The molecule has 2 aromatic carbocycles. The quantitative estimate of drug-likeness (QED) is 0.726. The molecule has 1 aliphatic heterocycles. The summed E-state index contributed by atoms with van der Waals surface area (Å²) in [4.78, 5) is 27.7. The van der Waals surface area contributed by atoms with E-state index in [-0.39, 0.29) is 11.6 Å². The molecule has 0 aromatic heterocycles. The monoisotopic (exact) mass is 406 g/mol. The molecule has 1 unspecified atom stereocenters. The van der Waals surface area contributed by atoms with Gasteiger partial charge < -0.3 is 9.64 Å². The second-order valence-electron chi connectivity index (χ2n) is 6.87. The minimum Gasteiger partial charge on any atom is -0.465 e. The summed E-state index contributed by atoms with van der Waals surface area (Å²) in [6.07, 6.45) is -4.46. The number of esters is 1. The first-order valence-electron chi connectivity index (χ1n) is 9.10. The number of piperazine rings is 1. The van der Waals surface area contributed by atoms with Crippen molar-refractivity contribution in [2.24, 2.45) is 0 Å². The fourth-order valence-electron chi connectivity index (χ4n) is 3.34. The SMILES string of the molecule is COC(=O)c1ccc(CN2CCN(c3cccc(C(F)(F)F)c3)C(=O)C2C)cc1. The van der Waals surface area contributed by atoms with E-state index in [1.165, 1.54) is 24.1 Å². The molecule has 0 aliphatic carbocycles. The van der Waals surface area contributed by atoms with Crippen molar-refractivity contribution in [1.82, 2.24) is 4.90 Å². The fraction of sp³-hybridized carbons (Fsp3) is 0.333. The fourth-order valence-corrected chi connectivity index (χ4v) is 3.34. The predicted molar refractivity (Wildman–Crippen MR) is 101 cm³/mol. The van der Waals surface area contributed by atoms with Gasteiger partial charge in [0.1, 0.15) is 0 Å². The summed E-state index contributed by atoms with van der Waals surface area (Å²) in [5.74, 6) is -0.670. The van der Waals surface area contributed by atoms with Gasteiger partial charge in [0.05, 0.1) is 24.3 Å². The molecule has 1 atom stereocenters. The third kappa shape index (κ3) is 4.59. The molecule has 5 nitrogen and oxygen atoms in total. The molecule has 3 rings (SSSR count). The minimum atomic E-state index is -4.46. The summed E-state index contributed by atoms with van der Waals surface area (Å²) < 4.78 is 43.6. The molecule has 0 saturated carbocycles. The molecule has 8 heteroatoms. The Hall–Kier alpha value is -2.87. The lowest BCUT2D eigenvalue weighted by Crippen LogP contribution is -2.55. The van der Waals surface area contributed by atoms with Crippen molar-refractivity contribution in [1.29, 1.82) is 0 Å². The van der Waals surface area contributed by atoms with Crippen molar-refractivity contribution in [3.63, 3.8) is 0 Å². The normalized spacial score (nSPS) is 18.0. The van der Waals surface area contributed by atoms with Crippen LogP contribution in [0.15, 0.2) is 48.5 Å². The first kappa shape index (κ1) is 20.9. The van der Waals surface area contributed by atoms with E-state index >= 15 is 0 Å². The van der Waals surface area contributed by atoms with Gasteiger partial charge in [-0.05, 0) is 42.8 Å². The zero-order valence-corrected chi connectivity index (χ0v) is 16.1. The molecule has 1 fully saturated rings. The number of anilines is 1. The topological polar surface area (TPSA) is 49.9 Å². The smallest absolute Gasteiger partial charge is 0.416 e. The number of carbonyl (C=O) groups excluding carboxylic acids is 2. The predicted octanol–water partition coefficient (Wildman–Crippen LogP) is 3.73. The lowest BCUT2D eigenvalue weighted by Gasteiger charge is -2.39. The van der Waals surface area contributed by atoms with E-state index in [0.717, 1.165) is 17.7 Å². The highest BCUT2D eigenvalue weighted by atomic mass is 19.4. The van der Waals surface area contributed by atoms with Crippen LogP contribution in [0.5, 0.6) is 0 Å². The van der Waals surface area contributed by atoms with Crippen LogP contribution < -0.4 is 4.90 Å². The highest BCUT2D eigenvalue weighted by molar-refractivity contribution is 5.97. The standard InChI is InChI=1S/C21H21F3N2O3/c1-14-19(27)26(18-5-3-4-17(12-18)21(22,23)24)11-10-25(14)13-15-6-8-16(9-7-15)20(28)29-2/h3-9,12,14H,10-11,13H2,1-2H3. The van der Waals surface area contributed by atoms with Crippen LogP contribution >= 0.6 is 0 Å². The molecular formula is C21H21F3N2O3. The number of ether oxygens (including phenoxy) is 1. The molecule has 1 aliphatic rings. The van der Waals surface area contributed by atoms with Gasteiger partial charge in [0, 0.05) is 25.3 Å². The average Bonchev–Trinajstić information content (AvgIpc) is 2.71. The summed E-state index contributed by atoms with van der Waals surface area (Å²) in [5, 5.41) is 0. The lowest BCUT2D eigenvalue weighted by atomic mass is 10.1. The Morgan fingerprint density at radius 3 is 2.45 bits per heavy atom. The van der Waals surface area contributed by atoms with Crippen LogP contribution in [-0.4, -0.2) is 43.0 Å². The van der Waals surface area contributed by atoms with Crippen LogP contribution in [0.25, 0.3) is 0 Å². The summed E-state index contributed by atoms with van der Waals surface area (Å²) in [5.41, 5.74) is 0.835. The number of nitrogens with zero attached hydrogens (tertiary/aromatic N) is 2. The molecule has 154 valence electrons. The van der Waals surface area contributed by atoms with E-state index < -0.39 is 23.8 Å². The van der Waals surface area contributed by atoms with Crippen LogP contribution in [0.4, 0.5) is 18.9 Å². The van der Waals surface area contributed by atoms with E-state index in [9.17, 15) is 22.8 Å². The molecule has 1 heterocycles. The minimum absolute atomic E-state index is 0.248. The average molecular weight is 406 g/mol. The van der Waals surface area contributed by atoms with Crippen LogP contribution in [0.2, 0.25) is 0 Å². The third-order valence-electron chi connectivity index (χ3n) is 5.03. The van der Waals surface area contributed by atoms with E-state index in [1.54, 1.807) is 31.2 Å². The lowest BCUT2D eigenvalue weighted by molar-refractivity contribution is -0.137. The first-order valence-corrected chi connectivity index (χ1v) is 9.10. The number of methoxy groups -OCH3 is 1. The maximum atomic E-state index is 13.0. The van der Waals surface area contributed by atoms with Gasteiger partial charge in [-0.25, -0.2) is 4.79 Å². The number of hydrogen-bond acceptors (Lipinski definition) is 4. The number of benzene rings is 2. The van der Waals surface area contributed by atoms with Crippen LogP contribution in [-0.2, 0) is 22.3 Å². The zero-order valence-electron chi connectivity index (χ0n) is 16.1. The van der Waals surface area contributed by atoms with E-state index in [0.29, 0.717) is 25.2 Å². The van der Waals surface area contributed by atoms with Gasteiger partial charge >= 0.3 is 12.1 Å². The van der Waals surface area contributed by atoms with Gasteiger partial charge in [-0.15, -0.1) is 0 Å². The van der Waals surface area contributed by atoms with Crippen molar-refractivity contribution in [2.75, 3.05) is 25.1 Å².